The molecule has 6 atom stereocenters. The summed E-state index contributed by atoms with van der Waals surface area (Å²) in [6.07, 6.45) is -2.28. The van der Waals surface area contributed by atoms with E-state index in [1.807, 2.05) is 0 Å². The van der Waals surface area contributed by atoms with E-state index in [0.29, 0.717) is 12.0 Å². The zero-order valence-electron chi connectivity index (χ0n) is 30.8. The van der Waals surface area contributed by atoms with Crippen molar-refractivity contribution in [3.8, 4) is 17.2 Å². The lowest BCUT2D eigenvalue weighted by molar-refractivity contribution is -0.121. The molecule has 7 rings (SSSR count). The second-order valence-corrected chi connectivity index (χ2v) is 15.2. The number of nitrogens with one attached hydrogen (secondary N) is 1. The molecule has 4 unspecified atom stereocenters. The zero-order valence-corrected chi connectivity index (χ0v) is 31.7. The van der Waals surface area contributed by atoms with Gasteiger partial charge in [-0.15, -0.1) is 12.6 Å². The van der Waals surface area contributed by atoms with Crippen LogP contribution in [-0.4, -0.2) is 98.1 Å². The topological polar surface area (TPSA) is 259 Å². The molecule has 16 nitrogen and oxygen atoms in total. The van der Waals surface area contributed by atoms with Crippen LogP contribution in [-0.2, 0) is 32.0 Å². The van der Waals surface area contributed by atoms with Gasteiger partial charge in [-0.05, 0) is 42.5 Å². The third-order valence-electron chi connectivity index (χ3n) is 11.1. The third kappa shape index (κ3) is 6.89. The second kappa shape index (κ2) is 15.1. The minimum atomic E-state index is -2.15. The van der Waals surface area contributed by atoms with Crippen LogP contribution in [0.15, 0.2) is 58.5 Å². The maximum absolute atomic E-state index is 14.0. The van der Waals surface area contributed by atoms with E-state index >= 15 is 0 Å². The molecule has 298 valence electrons. The van der Waals surface area contributed by atoms with E-state index in [4.69, 9.17) is 15.2 Å². The minimum Gasteiger partial charge on any atom is -0.507 e. The highest BCUT2D eigenvalue weighted by Crippen LogP contribution is 2.53. The number of carbonyl (C=O) groups is 5. The van der Waals surface area contributed by atoms with Crippen molar-refractivity contribution in [1.82, 2.24) is 5.43 Å². The summed E-state index contributed by atoms with van der Waals surface area (Å²) < 4.78 is 11.8. The number of hydrogen-bond acceptors (Lipinski definition) is 15. The number of imide groups is 1. The average molecular weight is 801 g/mol. The first-order valence-electron chi connectivity index (χ1n) is 18.1. The molecule has 0 spiro atoms. The van der Waals surface area contributed by atoms with Crippen LogP contribution in [0.3, 0.4) is 0 Å². The van der Waals surface area contributed by atoms with E-state index in [-0.39, 0.29) is 63.1 Å². The number of anilines is 1. The fourth-order valence-electron chi connectivity index (χ4n) is 8.22. The van der Waals surface area contributed by atoms with Crippen LogP contribution >= 0.6 is 12.6 Å². The summed E-state index contributed by atoms with van der Waals surface area (Å²) in [4.78, 5) is 66.4. The molecule has 1 fully saturated rings. The number of ether oxygens (including phenoxy) is 2. The largest absolute Gasteiger partial charge is 0.507 e. The van der Waals surface area contributed by atoms with Gasteiger partial charge in [-0.1, -0.05) is 31.2 Å². The number of benzene rings is 3. The SMILES string of the molecule is COc1cccc2c1C(=O)c1c(O)c3c(c(O)c1C2=O)C[C@@](O)(/C(CO)=N/NC(=O)Cc1ccc(N2C(=O)C=C(S)C2=O)cc1)C[C@@H]3OC1CC(C)C(O)C(N)C1. The van der Waals surface area contributed by atoms with Crippen molar-refractivity contribution in [2.75, 3.05) is 18.6 Å². The quantitative estimate of drug-likeness (QED) is 0.0393. The molecule has 17 heteroatoms. The number of phenols is 2. The molecule has 1 aliphatic heterocycles. The van der Waals surface area contributed by atoms with Crippen LogP contribution in [0, 0.1) is 5.92 Å². The van der Waals surface area contributed by atoms with Crippen LogP contribution in [0.5, 0.6) is 17.2 Å². The van der Waals surface area contributed by atoms with Gasteiger partial charge in [-0.25, -0.2) is 10.3 Å². The molecule has 3 amide bonds. The monoisotopic (exact) mass is 800 g/mol. The summed E-state index contributed by atoms with van der Waals surface area (Å²) in [7, 11) is 1.32. The van der Waals surface area contributed by atoms with Crippen LogP contribution in [0.1, 0.15) is 80.8 Å². The molecular weight excluding hydrogens is 761 g/mol. The minimum absolute atomic E-state index is 0.00333. The molecule has 3 aromatic carbocycles. The van der Waals surface area contributed by atoms with Gasteiger partial charge in [0, 0.05) is 41.6 Å². The maximum Gasteiger partial charge on any atom is 0.271 e. The van der Waals surface area contributed by atoms with Gasteiger partial charge in [0.1, 0.15) is 22.8 Å². The molecule has 0 saturated heterocycles. The molecule has 0 bridgehead atoms. The summed E-state index contributed by atoms with van der Waals surface area (Å²) in [5.74, 6) is -4.89. The number of hydrogen-bond donors (Lipinski definition) is 8. The average Bonchev–Trinajstić information content (AvgIpc) is 3.43. The Bertz CT molecular complexity index is 2280. The molecule has 1 saturated carbocycles. The molecule has 0 radical (unpaired) electrons. The molecule has 8 N–H and O–H groups in total. The number of carbonyl (C=O) groups excluding carboxylic acids is 5. The van der Waals surface area contributed by atoms with Gasteiger partial charge in [-0.2, -0.15) is 5.10 Å². The lowest BCUT2D eigenvalue weighted by atomic mass is 9.71. The number of hydrazone groups is 1. The Labute approximate surface area is 331 Å². The first kappa shape index (κ1) is 39.8. The predicted molar refractivity (Wildman–Crippen MR) is 205 cm³/mol. The second-order valence-electron chi connectivity index (χ2n) is 14.7. The highest BCUT2D eigenvalue weighted by Gasteiger charge is 2.49. The van der Waals surface area contributed by atoms with E-state index < -0.39 is 101 Å². The van der Waals surface area contributed by atoms with E-state index in [1.54, 1.807) is 6.92 Å². The molecule has 3 aliphatic carbocycles. The van der Waals surface area contributed by atoms with Gasteiger partial charge >= 0.3 is 0 Å². The van der Waals surface area contributed by atoms with E-state index in [9.17, 15) is 49.5 Å². The Morgan fingerprint density at radius 1 is 1.04 bits per heavy atom. The maximum atomic E-state index is 14.0. The lowest BCUT2D eigenvalue weighted by Gasteiger charge is -2.43. The number of nitrogens with zero attached hydrogens (tertiary/aromatic N) is 2. The van der Waals surface area contributed by atoms with Crippen LogP contribution in [0.25, 0.3) is 0 Å². The fourth-order valence-corrected chi connectivity index (χ4v) is 8.43. The highest BCUT2D eigenvalue weighted by molar-refractivity contribution is 7.85. The first-order chi connectivity index (χ1) is 27.1. The van der Waals surface area contributed by atoms with Crippen molar-refractivity contribution in [2.24, 2.45) is 16.8 Å². The first-order valence-corrected chi connectivity index (χ1v) is 18.6. The van der Waals surface area contributed by atoms with Gasteiger partial charge in [0.2, 0.25) is 11.7 Å². The fraction of sp³-hybridized carbons (Fsp3) is 0.350. The summed E-state index contributed by atoms with van der Waals surface area (Å²) >= 11 is 4.00. The lowest BCUT2D eigenvalue weighted by Crippen LogP contribution is -2.50. The van der Waals surface area contributed by atoms with Crippen LogP contribution in [0.2, 0.25) is 0 Å². The van der Waals surface area contributed by atoms with Crippen LogP contribution < -0.4 is 20.8 Å². The number of aliphatic hydroxyl groups excluding tert-OH is 2. The zero-order chi connectivity index (χ0) is 41.1. The number of methoxy groups -OCH3 is 1. The van der Waals surface area contributed by atoms with Gasteiger partial charge in [0.25, 0.3) is 11.8 Å². The molecule has 57 heavy (non-hydrogen) atoms. The molecule has 0 aromatic heterocycles. The number of aromatic hydroxyl groups is 2. The van der Waals surface area contributed by atoms with Crippen molar-refractivity contribution in [3.05, 3.63) is 92.4 Å². The van der Waals surface area contributed by atoms with Crippen molar-refractivity contribution in [2.45, 2.75) is 69.0 Å². The molecule has 1 heterocycles. The molecular formula is C40H40N4O12S. The Morgan fingerprint density at radius 3 is 2.37 bits per heavy atom. The number of amides is 3. The summed E-state index contributed by atoms with van der Waals surface area (Å²) in [6.45, 7) is 0.908. The van der Waals surface area contributed by atoms with E-state index in [2.05, 4.69) is 23.2 Å². The number of aliphatic hydroxyl groups is 3. The standard InChI is InChI=1S/C40H40N4O12S/c1-17-10-20(12-23(41)34(17)48)56-25-15-40(54,27(16-45)42-43-28(46)11-18-6-8-19(9-7-18)44-29(47)13-26(57)39(44)53)14-22-31(25)38(52)33-32(36(22)50)35(49)21-4-3-5-24(55-2)30(21)37(33)51/h3-9,13,17,20,23,25,34,45,48,50,52,54,57H,10-12,14-16,41H2,1-2H3,(H,43,46)/b42-27+/t17?,20?,23?,25-,34?,40-/m0/s1. The van der Waals surface area contributed by atoms with Gasteiger partial charge in [0.05, 0.1) is 71.4 Å². The third-order valence-corrected chi connectivity index (χ3v) is 11.4. The number of ketones is 2. The van der Waals surface area contributed by atoms with Crippen LogP contribution in [0.4, 0.5) is 5.69 Å². The van der Waals surface area contributed by atoms with Gasteiger partial charge in [0.15, 0.2) is 5.78 Å². The Hall–Kier alpha value is -5.43. The highest BCUT2D eigenvalue weighted by atomic mass is 32.1. The molecule has 3 aromatic rings. The van der Waals surface area contributed by atoms with Crippen molar-refractivity contribution < 1.29 is 59.0 Å². The van der Waals surface area contributed by atoms with E-state index in [1.165, 1.54) is 49.6 Å². The van der Waals surface area contributed by atoms with Crippen molar-refractivity contribution in [3.63, 3.8) is 0 Å². The smallest absolute Gasteiger partial charge is 0.271 e. The number of rotatable bonds is 9. The van der Waals surface area contributed by atoms with Gasteiger partial charge < -0.3 is 40.7 Å². The number of phenolic OH excluding ortho intramolecular Hbond substituents is 2. The number of fused-ring (bicyclic) bond motifs is 3. The normalized spacial score (nSPS) is 25.8. The van der Waals surface area contributed by atoms with E-state index in [0.717, 1.165) is 11.0 Å². The predicted octanol–water partition coefficient (Wildman–Crippen LogP) is 1.50. The number of nitrogens with two attached hydrogens (primary N) is 1. The Morgan fingerprint density at radius 2 is 1.74 bits per heavy atom. The summed E-state index contributed by atoms with van der Waals surface area (Å²) in [6, 6.07) is 9.74. The van der Waals surface area contributed by atoms with Crippen molar-refractivity contribution in [1.29, 1.82) is 0 Å². The Balaban J connectivity index is 1.21. The summed E-state index contributed by atoms with van der Waals surface area (Å²) in [5.41, 5.74) is 5.47. The molecule has 4 aliphatic rings. The van der Waals surface area contributed by atoms with Gasteiger partial charge in [-0.3, -0.25) is 24.0 Å². The van der Waals surface area contributed by atoms with Crippen molar-refractivity contribution >= 4 is 53.3 Å². The Kier molecular flexibility index (Phi) is 10.6. The summed E-state index contributed by atoms with van der Waals surface area (Å²) in [5, 5.41) is 61.1. The number of thiol groups is 1.